The molecule has 1 saturated heterocycles. The second-order valence-electron chi connectivity index (χ2n) is 9.34. The molecule has 1 aliphatic heterocycles. The smallest absolute Gasteiger partial charge is 0.269 e. The average molecular weight is 565 g/mol. The highest BCUT2D eigenvalue weighted by molar-refractivity contribution is 7.99. The molecule has 10 heteroatoms. The maximum absolute atomic E-state index is 11.0. The van der Waals surface area contributed by atoms with Gasteiger partial charge in [-0.3, -0.25) is 15.1 Å². The Hall–Kier alpha value is -4.54. The van der Waals surface area contributed by atoms with Crippen molar-refractivity contribution in [2.24, 2.45) is 0 Å². The summed E-state index contributed by atoms with van der Waals surface area (Å²) in [6, 6.07) is 28.5. The Bertz CT molecular complexity index is 1660. The van der Waals surface area contributed by atoms with Crippen molar-refractivity contribution in [2.75, 3.05) is 4.90 Å². The number of nitrogens with one attached hydrogen (secondary N) is 1. The minimum atomic E-state index is -0.393. The minimum absolute atomic E-state index is 0.0776. The van der Waals surface area contributed by atoms with Crippen molar-refractivity contribution in [1.29, 1.82) is 0 Å². The summed E-state index contributed by atoms with van der Waals surface area (Å²) in [4.78, 5) is 24.0. The Morgan fingerprint density at radius 1 is 0.925 bits per heavy atom. The van der Waals surface area contributed by atoms with E-state index in [4.69, 9.17) is 12.2 Å². The Balaban J connectivity index is 1.35. The summed E-state index contributed by atoms with van der Waals surface area (Å²) in [6.45, 7) is 2.02. The summed E-state index contributed by atoms with van der Waals surface area (Å²) >= 11 is 7.45. The number of nitrogens with zero attached hydrogens (tertiary/aromatic N) is 5. The molecular formula is C30H24N6O2S2. The number of rotatable bonds is 7. The number of anilines is 1. The van der Waals surface area contributed by atoms with Gasteiger partial charge in [-0.2, -0.15) is 0 Å². The fraction of sp³-hybridized carbons (Fsp3) is 0.100. The maximum atomic E-state index is 11.0. The summed E-state index contributed by atoms with van der Waals surface area (Å²) < 4.78 is 2.10. The van der Waals surface area contributed by atoms with Gasteiger partial charge >= 0.3 is 0 Å². The van der Waals surface area contributed by atoms with Crippen molar-refractivity contribution >= 4 is 40.5 Å². The fourth-order valence-electron chi connectivity index (χ4n) is 4.83. The van der Waals surface area contributed by atoms with Crippen molar-refractivity contribution in [3.8, 4) is 5.82 Å². The number of pyridine rings is 2. The highest BCUT2D eigenvalue weighted by Gasteiger charge is 2.42. The molecule has 0 unspecified atom stereocenters. The van der Waals surface area contributed by atoms with Crippen LogP contribution in [0.5, 0.6) is 0 Å². The summed E-state index contributed by atoms with van der Waals surface area (Å²) in [5.41, 5.74) is 4.05. The second kappa shape index (κ2) is 10.9. The lowest BCUT2D eigenvalue weighted by Gasteiger charge is -2.29. The fourth-order valence-corrected chi connectivity index (χ4v) is 5.99. The van der Waals surface area contributed by atoms with E-state index in [1.165, 1.54) is 12.1 Å². The van der Waals surface area contributed by atoms with Crippen LogP contribution in [0, 0.1) is 17.0 Å². The first-order valence-electron chi connectivity index (χ1n) is 12.6. The van der Waals surface area contributed by atoms with Crippen LogP contribution < -0.4 is 10.2 Å². The predicted octanol–water partition coefficient (Wildman–Crippen LogP) is 6.81. The SMILES string of the molecule is Cc1ccc(-n2cccc2[C@@H]2[C@H](c3ccccn3)NC(=S)N2c2ccc(Sc3ccc([N+](=O)[O-])cc3)cc2)nc1. The molecule has 0 aliphatic carbocycles. The number of thiocarbonyl (C=S) groups is 1. The molecule has 4 heterocycles. The number of nitro benzene ring substituents is 1. The standard InChI is InChI=1S/C30H24N6O2S2/c1-20-7-16-27(32-19-20)34-18-4-6-26(34)29-28(25-5-2-3-17-31-25)33-30(39)35(29)21-8-12-23(13-9-21)40-24-14-10-22(11-15-24)36(37)38/h2-19,28-29H,1H3,(H,33,39)/t28-,29+/m0/s1. The van der Waals surface area contributed by atoms with Crippen LogP contribution in [0.2, 0.25) is 0 Å². The lowest BCUT2D eigenvalue weighted by molar-refractivity contribution is -0.384. The Kier molecular flexibility index (Phi) is 7.02. The summed E-state index contributed by atoms with van der Waals surface area (Å²) in [6.07, 6.45) is 5.68. The lowest BCUT2D eigenvalue weighted by atomic mass is 10.0. The number of benzene rings is 2. The molecule has 2 atom stereocenters. The van der Waals surface area contributed by atoms with Gasteiger partial charge in [-0.05, 0) is 91.4 Å². The lowest BCUT2D eigenvalue weighted by Crippen LogP contribution is -2.30. The first-order valence-corrected chi connectivity index (χ1v) is 13.8. The summed E-state index contributed by atoms with van der Waals surface area (Å²) in [5.74, 6) is 0.831. The van der Waals surface area contributed by atoms with Gasteiger partial charge in [0.05, 0.1) is 16.7 Å². The van der Waals surface area contributed by atoms with Crippen LogP contribution in [0.1, 0.15) is 29.0 Å². The zero-order valence-corrected chi connectivity index (χ0v) is 23.0. The molecule has 3 aromatic heterocycles. The molecule has 0 radical (unpaired) electrons. The zero-order valence-electron chi connectivity index (χ0n) is 21.4. The van der Waals surface area contributed by atoms with Crippen molar-refractivity contribution in [3.05, 3.63) is 137 Å². The van der Waals surface area contributed by atoms with Crippen LogP contribution in [0.15, 0.2) is 119 Å². The van der Waals surface area contributed by atoms with E-state index in [1.807, 2.05) is 73.9 Å². The second-order valence-corrected chi connectivity index (χ2v) is 10.9. The molecule has 2 aromatic carbocycles. The van der Waals surface area contributed by atoms with E-state index in [0.29, 0.717) is 5.11 Å². The molecule has 0 spiro atoms. The van der Waals surface area contributed by atoms with Gasteiger partial charge in [0.2, 0.25) is 0 Å². The first kappa shape index (κ1) is 25.7. The summed E-state index contributed by atoms with van der Waals surface area (Å²) in [5, 5.41) is 15.1. The van der Waals surface area contributed by atoms with Gasteiger partial charge in [-0.15, -0.1) is 0 Å². The first-order chi connectivity index (χ1) is 19.5. The molecule has 198 valence electrons. The normalized spacial score (nSPS) is 16.6. The molecule has 0 bridgehead atoms. The van der Waals surface area contributed by atoms with Gasteiger partial charge in [0.15, 0.2) is 5.11 Å². The molecule has 6 rings (SSSR count). The van der Waals surface area contributed by atoms with E-state index in [0.717, 1.165) is 38.2 Å². The van der Waals surface area contributed by atoms with Crippen LogP contribution in [-0.2, 0) is 0 Å². The number of hydrogen-bond acceptors (Lipinski definition) is 6. The number of nitro groups is 1. The average Bonchev–Trinajstić information content (AvgIpc) is 3.59. The molecule has 1 aliphatic rings. The van der Waals surface area contributed by atoms with E-state index >= 15 is 0 Å². The predicted molar refractivity (Wildman–Crippen MR) is 160 cm³/mol. The molecule has 8 nitrogen and oxygen atoms in total. The van der Waals surface area contributed by atoms with Crippen molar-refractivity contribution in [3.63, 3.8) is 0 Å². The van der Waals surface area contributed by atoms with Gasteiger partial charge in [0.1, 0.15) is 11.9 Å². The Labute approximate surface area is 240 Å². The van der Waals surface area contributed by atoms with Crippen LogP contribution >= 0.6 is 24.0 Å². The maximum Gasteiger partial charge on any atom is 0.269 e. The molecule has 40 heavy (non-hydrogen) atoms. The van der Waals surface area contributed by atoms with Gasteiger partial charge in [0.25, 0.3) is 5.69 Å². The monoisotopic (exact) mass is 564 g/mol. The molecule has 5 aromatic rings. The van der Waals surface area contributed by atoms with Crippen LogP contribution in [0.3, 0.4) is 0 Å². The van der Waals surface area contributed by atoms with Crippen molar-refractivity contribution in [2.45, 2.75) is 28.8 Å². The molecule has 0 amide bonds. The van der Waals surface area contributed by atoms with Crippen LogP contribution in [0.4, 0.5) is 11.4 Å². The van der Waals surface area contributed by atoms with E-state index in [1.54, 1.807) is 30.1 Å². The minimum Gasteiger partial charge on any atom is -0.351 e. The molecule has 1 N–H and O–H groups in total. The van der Waals surface area contributed by atoms with E-state index in [2.05, 4.69) is 36.9 Å². The van der Waals surface area contributed by atoms with E-state index in [9.17, 15) is 10.1 Å². The van der Waals surface area contributed by atoms with Gasteiger partial charge < -0.3 is 14.8 Å². The zero-order chi connectivity index (χ0) is 27.6. The molecule has 1 fully saturated rings. The van der Waals surface area contributed by atoms with Crippen LogP contribution in [-0.4, -0.2) is 24.6 Å². The van der Waals surface area contributed by atoms with Gasteiger partial charge in [-0.25, -0.2) is 4.98 Å². The Morgan fingerprint density at radius 3 is 2.33 bits per heavy atom. The van der Waals surface area contributed by atoms with E-state index in [-0.39, 0.29) is 17.8 Å². The third-order valence-corrected chi connectivity index (χ3v) is 8.05. The van der Waals surface area contributed by atoms with Crippen LogP contribution in [0.25, 0.3) is 5.82 Å². The summed E-state index contributed by atoms with van der Waals surface area (Å²) in [7, 11) is 0. The quantitative estimate of drug-likeness (QED) is 0.131. The topological polar surface area (TPSA) is 89.1 Å². The number of aromatic nitrogens is 3. The van der Waals surface area contributed by atoms with E-state index < -0.39 is 4.92 Å². The van der Waals surface area contributed by atoms with Crippen molar-refractivity contribution < 1.29 is 4.92 Å². The largest absolute Gasteiger partial charge is 0.351 e. The molecule has 0 saturated carbocycles. The third kappa shape index (κ3) is 5.06. The molecular weight excluding hydrogens is 541 g/mol. The van der Waals surface area contributed by atoms with Crippen molar-refractivity contribution in [1.82, 2.24) is 19.9 Å². The Morgan fingerprint density at radius 2 is 1.68 bits per heavy atom. The number of hydrogen-bond donors (Lipinski definition) is 1. The highest BCUT2D eigenvalue weighted by Crippen LogP contribution is 2.42. The third-order valence-electron chi connectivity index (χ3n) is 6.72. The van der Waals surface area contributed by atoms with Gasteiger partial charge in [-0.1, -0.05) is 23.9 Å². The number of non-ortho nitro benzene ring substituents is 1. The van der Waals surface area contributed by atoms with Gasteiger partial charge in [0, 0.05) is 51.9 Å². The number of aryl methyl sites for hydroxylation is 1. The highest BCUT2D eigenvalue weighted by atomic mass is 32.2.